The van der Waals surface area contributed by atoms with Crippen molar-refractivity contribution in [3.8, 4) is 0 Å². The fourth-order valence-corrected chi connectivity index (χ4v) is 2.27. The zero-order chi connectivity index (χ0) is 9.73. The summed E-state index contributed by atoms with van der Waals surface area (Å²) in [7, 11) is -3.11. The van der Waals surface area contributed by atoms with Gasteiger partial charge in [0.15, 0.2) is 0 Å². The fraction of sp³-hybridized carbons (Fsp3) is 0.375. The molecule has 1 rings (SSSR count). The van der Waals surface area contributed by atoms with Crippen LogP contribution in [0.15, 0.2) is 24.4 Å². The molecule has 13 heavy (non-hydrogen) atoms. The molecule has 0 aliphatic carbocycles. The van der Waals surface area contributed by atoms with Crippen molar-refractivity contribution in [1.82, 2.24) is 4.98 Å². The van der Waals surface area contributed by atoms with Gasteiger partial charge in [-0.25, -0.2) is 0 Å². The first-order chi connectivity index (χ1) is 6.23. The van der Waals surface area contributed by atoms with Crippen molar-refractivity contribution in [3.63, 3.8) is 0 Å². The lowest BCUT2D eigenvalue weighted by atomic mass is 10.5. The standard InChI is InChI=1S/C8H12NO3P/c1-2-12-13(11,7-10)8-5-3-4-6-9-8/h3-6,10H,2,7H2,1H3. The van der Waals surface area contributed by atoms with Crippen LogP contribution in [-0.2, 0) is 9.09 Å². The summed E-state index contributed by atoms with van der Waals surface area (Å²) < 4.78 is 16.9. The topological polar surface area (TPSA) is 59.4 Å². The maximum absolute atomic E-state index is 11.8. The first-order valence-corrected chi connectivity index (χ1v) is 5.80. The molecule has 4 nitrogen and oxygen atoms in total. The monoisotopic (exact) mass is 201 g/mol. The zero-order valence-corrected chi connectivity index (χ0v) is 8.28. The Hall–Kier alpha value is -0.700. The molecule has 0 radical (unpaired) electrons. The predicted octanol–water partition coefficient (Wildman–Crippen LogP) is 0.971. The van der Waals surface area contributed by atoms with Gasteiger partial charge in [-0.05, 0) is 19.1 Å². The first kappa shape index (κ1) is 10.4. The fourth-order valence-electron chi connectivity index (χ4n) is 0.943. The van der Waals surface area contributed by atoms with Crippen molar-refractivity contribution in [3.05, 3.63) is 24.4 Å². The number of pyridine rings is 1. The number of aromatic nitrogens is 1. The van der Waals surface area contributed by atoms with Crippen LogP contribution in [0.4, 0.5) is 0 Å². The lowest BCUT2D eigenvalue weighted by Crippen LogP contribution is -2.13. The molecule has 0 saturated heterocycles. The Labute approximate surface area is 77.0 Å². The van der Waals surface area contributed by atoms with E-state index in [-0.39, 0.29) is 0 Å². The van der Waals surface area contributed by atoms with E-state index in [2.05, 4.69) is 4.98 Å². The number of aliphatic hydroxyl groups is 1. The molecule has 1 N–H and O–H groups in total. The third-order valence-electron chi connectivity index (χ3n) is 1.52. The van der Waals surface area contributed by atoms with Gasteiger partial charge < -0.3 is 9.63 Å². The normalized spacial score (nSPS) is 15.2. The molecule has 5 heteroatoms. The van der Waals surface area contributed by atoms with Crippen LogP contribution in [0.1, 0.15) is 6.92 Å². The Balaban J connectivity index is 2.96. The number of rotatable bonds is 4. The lowest BCUT2D eigenvalue weighted by molar-refractivity contribution is 0.290. The third-order valence-corrected chi connectivity index (χ3v) is 3.53. The van der Waals surface area contributed by atoms with Gasteiger partial charge >= 0.3 is 0 Å². The van der Waals surface area contributed by atoms with Gasteiger partial charge in [0, 0.05) is 6.20 Å². The van der Waals surface area contributed by atoms with E-state index in [1.54, 1.807) is 25.1 Å². The van der Waals surface area contributed by atoms with Crippen molar-refractivity contribution in [1.29, 1.82) is 0 Å². The summed E-state index contributed by atoms with van der Waals surface area (Å²) in [6.45, 7) is 2.03. The second-order valence-electron chi connectivity index (χ2n) is 2.42. The van der Waals surface area contributed by atoms with Crippen LogP contribution in [0.3, 0.4) is 0 Å². The molecule has 1 atom stereocenters. The van der Waals surface area contributed by atoms with Gasteiger partial charge in [-0.15, -0.1) is 0 Å². The summed E-state index contributed by atoms with van der Waals surface area (Å²) in [5.74, 6) is 0. The van der Waals surface area contributed by atoms with Gasteiger partial charge in [0.25, 0.3) is 7.37 Å². The van der Waals surface area contributed by atoms with Crippen molar-refractivity contribution >= 4 is 12.8 Å². The van der Waals surface area contributed by atoms with Gasteiger partial charge in [0.1, 0.15) is 11.8 Å². The minimum Gasteiger partial charge on any atom is -0.386 e. The van der Waals surface area contributed by atoms with Crippen LogP contribution in [0.5, 0.6) is 0 Å². The average molecular weight is 201 g/mol. The van der Waals surface area contributed by atoms with Crippen LogP contribution in [0, 0.1) is 0 Å². The Morgan fingerprint density at radius 1 is 1.62 bits per heavy atom. The summed E-state index contributed by atoms with van der Waals surface area (Å²) in [4.78, 5) is 3.89. The summed E-state index contributed by atoms with van der Waals surface area (Å²) in [5.41, 5.74) is 0.319. The van der Waals surface area contributed by atoms with E-state index < -0.39 is 13.7 Å². The smallest absolute Gasteiger partial charge is 0.274 e. The van der Waals surface area contributed by atoms with Gasteiger partial charge in [-0.1, -0.05) is 6.07 Å². The third kappa shape index (κ3) is 2.37. The maximum atomic E-state index is 11.8. The lowest BCUT2D eigenvalue weighted by Gasteiger charge is -2.13. The second kappa shape index (κ2) is 4.51. The summed E-state index contributed by atoms with van der Waals surface area (Å²) >= 11 is 0. The molecule has 0 saturated carbocycles. The highest BCUT2D eigenvalue weighted by molar-refractivity contribution is 7.66. The van der Waals surface area contributed by atoms with E-state index in [0.717, 1.165) is 0 Å². The molecule has 1 aromatic rings. The van der Waals surface area contributed by atoms with Crippen molar-refractivity contribution < 1.29 is 14.2 Å². The van der Waals surface area contributed by atoms with Gasteiger partial charge in [-0.3, -0.25) is 9.55 Å². The summed E-state index contributed by atoms with van der Waals surface area (Å²) in [6, 6.07) is 5.02. The maximum Gasteiger partial charge on any atom is 0.274 e. The van der Waals surface area contributed by atoms with E-state index >= 15 is 0 Å². The van der Waals surface area contributed by atoms with E-state index in [4.69, 9.17) is 9.63 Å². The number of hydrogen-bond acceptors (Lipinski definition) is 4. The second-order valence-corrected chi connectivity index (χ2v) is 4.77. The molecular weight excluding hydrogens is 189 g/mol. The molecule has 0 bridgehead atoms. The molecule has 1 heterocycles. The van der Waals surface area contributed by atoms with Crippen LogP contribution in [-0.4, -0.2) is 23.0 Å². The van der Waals surface area contributed by atoms with Gasteiger partial charge in [-0.2, -0.15) is 0 Å². The van der Waals surface area contributed by atoms with Crippen molar-refractivity contribution in [2.75, 3.05) is 13.0 Å². The Bertz CT molecular complexity index is 302. The minimum absolute atomic E-state index is 0.300. The van der Waals surface area contributed by atoms with E-state index in [9.17, 15) is 4.57 Å². The number of nitrogens with zero attached hydrogens (tertiary/aromatic N) is 1. The van der Waals surface area contributed by atoms with E-state index in [1.165, 1.54) is 6.20 Å². The molecule has 0 aliphatic heterocycles. The average Bonchev–Trinajstić information content (AvgIpc) is 2.19. The summed E-state index contributed by atoms with van der Waals surface area (Å²) in [5, 5.41) is 8.94. The molecule has 0 aromatic carbocycles. The highest BCUT2D eigenvalue weighted by Gasteiger charge is 2.25. The Kier molecular flexibility index (Phi) is 3.60. The zero-order valence-electron chi connectivity index (χ0n) is 7.38. The van der Waals surface area contributed by atoms with E-state index in [0.29, 0.717) is 12.0 Å². The minimum atomic E-state index is -3.11. The largest absolute Gasteiger partial charge is 0.386 e. The van der Waals surface area contributed by atoms with Crippen LogP contribution >= 0.6 is 7.37 Å². The first-order valence-electron chi connectivity index (χ1n) is 3.99. The molecule has 0 amide bonds. The molecule has 1 aromatic heterocycles. The molecule has 0 fully saturated rings. The Morgan fingerprint density at radius 3 is 2.85 bits per heavy atom. The molecular formula is C8H12NO3P. The van der Waals surface area contributed by atoms with E-state index in [1.807, 2.05) is 0 Å². The van der Waals surface area contributed by atoms with Crippen LogP contribution < -0.4 is 5.44 Å². The van der Waals surface area contributed by atoms with Gasteiger partial charge in [0.05, 0.1) is 6.61 Å². The summed E-state index contributed by atoms with van der Waals surface area (Å²) in [6.07, 6.45) is 1.02. The highest BCUT2D eigenvalue weighted by atomic mass is 31.2. The highest BCUT2D eigenvalue weighted by Crippen LogP contribution is 2.43. The van der Waals surface area contributed by atoms with Gasteiger partial charge in [0.2, 0.25) is 0 Å². The molecule has 0 spiro atoms. The Morgan fingerprint density at radius 2 is 2.38 bits per heavy atom. The van der Waals surface area contributed by atoms with Crippen molar-refractivity contribution in [2.24, 2.45) is 0 Å². The molecule has 72 valence electrons. The van der Waals surface area contributed by atoms with Crippen LogP contribution in [0.25, 0.3) is 0 Å². The predicted molar refractivity (Wildman–Crippen MR) is 50.2 cm³/mol. The molecule has 0 aliphatic rings. The van der Waals surface area contributed by atoms with Crippen molar-refractivity contribution in [2.45, 2.75) is 6.92 Å². The number of aliphatic hydroxyl groups excluding tert-OH is 1. The SMILES string of the molecule is CCOP(=O)(CO)c1ccccn1. The molecule has 1 unspecified atom stereocenters. The number of hydrogen-bond donors (Lipinski definition) is 1. The van der Waals surface area contributed by atoms with Crippen LogP contribution in [0.2, 0.25) is 0 Å². The quantitative estimate of drug-likeness (QED) is 0.737.